The maximum Gasteiger partial charge on any atom is 0.292 e. The molecule has 0 N–H and O–H groups in total. The molecule has 4 rings (SSSR count). The average molecular weight is 374 g/mol. The van der Waals surface area contributed by atoms with E-state index in [1.54, 1.807) is 17.0 Å². The van der Waals surface area contributed by atoms with Crippen LogP contribution in [-0.2, 0) is 20.1 Å². The van der Waals surface area contributed by atoms with E-state index in [1.165, 1.54) is 0 Å². The van der Waals surface area contributed by atoms with Crippen LogP contribution in [0.2, 0.25) is 5.02 Å². The van der Waals surface area contributed by atoms with E-state index in [9.17, 15) is 4.79 Å². The normalized spacial score (nSPS) is 17.8. The van der Waals surface area contributed by atoms with Crippen LogP contribution in [0.25, 0.3) is 0 Å². The van der Waals surface area contributed by atoms with Crippen molar-refractivity contribution in [2.75, 3.05) is 31.3 Å². The number of para-hydroxylation sites is 1. The SMILES string of the molecule is Cc1cc(C)c2c(c1)C1(OCCO1)C(=O)N2CCOc1ccccc1Cl. The number of anilines is 1. The number of nitrogens with zero attached hydrogens (tertiary/aromatic N) is 1. The number of halogens is 1. The summed E-state index contributed by atoms with van der Waals surface area (Å²) in [5, 5.41) is 0.548. The maximum atomic E-state index is 13.2. The summed E-state index contributed by atoms with van der Waals surface area (Å²) in [6.07, 6.45) is 0. The van der Waals surface area contributed by atoms with Crippen molar-refractivity contribution in [2.24, 2.45) is 0 Å². The van der Waals surface area contributed by atoms with Crippen molar-refractivity contribution in [3.05, 3.63) is 58.1 Å². The van der Waals surface area contributed by atoms with Crippen LogP contribution in [0.3, 0.4) is 0 Å². The Morgan fingerprint density at radius 1 is 1.19 bits per heavy atom. The molecule has 5 nitrogen and oxygen atoms in total. The van der Waals surface area contributed by atoms with Gasteiger partial charge in [0.25, 0.3) is 11.7 Å². The fourth-order valence-corrected chi connectivity index (χ4v) is 3.87. The number of fused-ring (bicyclic) bond motifs is 2. The second kappa shape index (κ2) is 6.58. The van der Waals surface area contributed by atoms with Crippen LogP contribution < -0.4 is 9.64 Å². The Kier molecular flexibility index (Phi) is 4.39. The van der Waals surface area contributed by atoms with Gasteiger partial charge >= 0.3 is 0 Å². The van der Waals surface area contributed by atoms with Crippen LogP contribution in [0.5, 0.6) is 5.75 Å². The summed E-state index contributed by atoms with van der Waals surface area (Å²) >= 11 is 6.12. The highest BCUT2D eigenvalue weighted by Gasteiger charge is 2.56. The van der Waals surface area contributed by atoms with Gasteiger partial charge in [-0.25, -0.2) is 0 Å². The van der Waals surface area contributed by atoms with Gasteiger partial charge in [0, 0.05) is 5.56 Å². The number of hydrogen-bond acceptors (Lipinski definition) is 4. The second-order valence-electron chi connectivity index (χ2n) is 6.53. The minimum atomic E-state index is -1.31. The summed E-state index contributed by atoms with van der Waals surface area (Å²) < 4.78 is 17.3. The van der Waals surface area contributed by atoms with Gasteiger partial charge in [0.05, 0.1) is 30.5 Å². The lowest BCUT2D eigenvalue weighted by Gasteiger charge is -2.22. The molecule has 0 unspecified atom stereocenters. The van der Waals surface area contributed by atoms with Gasteiger partial charge in [0.2, 0.25) is 0 Å². The zero-order valence-electron chi connectivity index (χ0n) is 14.8. The highest BCUT2D eigenvalue weighted by Crippen LogP contribution is 2.47. The average Bonchev–Trinajstić information content (AvgIpc) is 3.18. The van der Waals surface area contributed by atoms with Gasteiger partial charge in [0.1, 0.15) is 12.4 Å². The summed E-state index contributed by atoms with van der Waals surface area (Å²) in [6.45, 7) is 5.51. The Hall–Kier alpha value is -2.08. The van der Waals surface area contributed by atoms with Crippen molar-refractivity contribution in [3.8, 4) is 5.75 Å². The van der Waals surface area contributed by atoms with Crippen LogP contribution >= 0.6 is 11.6 Å². The molecule has 2 heterocycles. The fourth-order valence-electron chi connectivity index (χ4n) is 3.68. The molecular weight excluding hydrogens is 354 g/mol. The van der Waals surface area contributed by atoms with Crippen LogP contribution in [0.1, 0.15) is 16.7 Å². The molecule has 2 aromatic rings. The summed E-state index contributed by atoms with van der Waals surface area (Å²) in [5.41, 5.74) is 3.73. The lowest BCUT2D eigenvalue weighted by molar-refractivity contribution is -0.180. The molecule has 2 aliphatic heterocycles. The molecule has 0 atom stereocenters. The quantitative estimate of drug-likeness (QED) is 0.821. The van der Waals surface area contributed by atoms with Crippen molar-refractivity contribution in [3.63, 3.8) is 0 Å². The molecule has 0 radical (unpaired) electrons. The molecule has 0 aromatic heterocycles. The highest BCUT2D eigenvalue weighted by molar-refractivity contribution is 6.32. The topological polar surface area (TPSA) is 48.0 Å². The lowest BCUT2D eigenvalue weighted by atomic mass is 10.0. The molecule has 0 bridgehead atoms. The third-order valence-corrected chi connectivity index (χ3v) is 5.01. The predicted molar refractivity (Wildman–Crippen MR) is 98.8 cm³/mol. The van der Waals surface area contributed by atoms with Gasteiger partial charge in [-0.3, -0.25) is 4.79 Å². The predicted octanol–water partition coefficient (Wildman–Crippen LogP) is 3.58. The number of carbonyl (C=O) groups is 1. The highest BCUT2D eigenvalue weighted by atomic mass is 35.5. The molecule has 1 spiro atoms. The van der Waals surface area contributed by atoms with Crippen LogP contribution in [0.15, 0.2) is 36.4 Å². The third-order valence-electron chi connectivity index (χ3n) is 4.70. The van der Waals surface area contributed by atoms with Crippen LogP contribution in [-0.4, -0.2) is 32.3 Å². The van der Waals surface area contributed by atoms with Crippen molar-refractivity contribution in [2.45, 2.75) is 19.6 Å². The largest absolute Gasteiger partial charge is 0.490 e. The van der Waals surface area contributed by atoms with E-state index >= 15 is 0 Å². The summed E-state index contributed by atoms with van der Waals surface area (Å²) in [7, 11) is 0. The van der Waals surface area contributed by atoms with Gasteiger partial charge in [-0.15, -0.1) is 0 Å². The molecule has 1 amide bonds. The number of carbonyl (C=O) groups excluding carboxylic acids is 1. The minimum absolute atomic E-state index is 0.193. The summed E-state index contributed by atoms with van der Waals surface area (Å²) in [5.74, 6) is -0.901. The summed E-state index contributed by atoms with van der Waals surface area (Å²) in [6, 6.07) is 11.3. The number of amides is 1. The van der Waals surface area contributed by atoms with E-state index < -0.39 is 5.79 Å². The number of ether oxygens (including phenoxy) is 3. The third kappa shape index (κ3) is 2.67. The molecule has 1 fully saturated rings. The Balaban J connectivity index is 1.61. The first-order valence-corrected chi connectivity index (χ1v) is 8.99. The van der Waals surface area contributed by atoms with E-state index in [2.05, 4.69) is 6.07 Å². The Morgan fingerprint density at radius 3 is 2.65 bits per heavy atom. The van der Waals surface area contributed by atoms with Crippen molar-refractivity contribution >= 4 is 23.2 Å². The van der Waals surface area contributed by atoms with Gasteiger partial charge in [-0.2, -0.15) is 0 Å². The molecule has 1 saturated heterocycles. The van der Waals surface area contributed by atoms with E-state index in [1.807, 2.05) is 32.0 Å². The fraction of sp³-hybridized carbons (Fsp3) is 0.350. The van der Waals surface area contributed by atoms with Crippen molar-refractivity contribution in [1.29, 1.82) is 0 Å². The molecule has 0 saturated carbocycles. The van der Waals surface area contributed by atoms with Crippen molar-refractivity contribution in [1.82, 2.24) is 0 Å². The first-order valence-electron chi connectivity index (χ1n) is 8.62. The first kappa shape index (κ1) is 17.3. The lowest BCUT2D eigenvalue weighted by Crippen LogP contribution is -2.42. The van der Waals surface area contributed by atoms with Crippen LogP contribution in [0.4, 0.5) is 5.69 Å². The van der Waals surface area contributed by atoms with Gasteiger partial charge in [-0.1, -0.05) is 35.4 Å². The molecule has 2 aromatic carbocycles. The van der Waals surface area contributed by atoms with Gasteiger partial charge in [0.15, 0.2) is 0 Å². The zero-order chi connectivity index (χ0) is 18.3. The van der Waals surface area contributed by atoms with E-state index in [0.29, 0.717) is 37.1 Å². The Bertz CT molecular complexity index is 861. The molecule has 136 valence electrons. The summed E-state index contributed by atoms with van der Waals surface area (Å²) in [4.78, 5) is 14.9. The Labute approximate surface area is 157 Å². The number of rotatable bonds is 4. The number of benzene rings is 2. The Morgan fingerprint density at radius 2 is 1.92 bits per heavy atom. The van der Waals surface area contributed by atoms with Gasteiger partial charge in [-0.05, 0) is 37.6 Å². The molecule has 6 heteroatoms. The minimum Gasteiger partial charge on any atom is -0.490 e. The van der Waals surface area contributed by atoms with Crippen LogP contribution in [0, 0.1) is 13.8 Å². The van der Waals surface area contributed by atoms with E-state index in [4.69, 9.17) is 25.8 Å². The maximum absolute atomic E-state index is 13.2. The molecule has 2 aliphatic rings. The smallest absolute Gasteiger partial charge is 0.292 e. The number of aryl methyl sites for hydroxylation is 2. The van der Waals surface area contributed by atoms with Gasteiger partial charge < -0.3 is 19.1 Å². The van der Waals surface area contributed by atoms with E-state index in [0.717, 1.165) is 22.4 Å². The van der Waals surface area contributed by atoms with E-state index in [-0.39, 0.29) is 5.91 Å². The molecular formula is C20H20ClNO4. The molecule has 0 aliphatic carbocycles. The first-order chi connectivity index (χ1) is 12.5. The number of hydrogen-bond donors (Lipinski definition) is 0. The standard InChI is InChI=1S/C20H20ClNO4/c1-13-11-14(2)18-15(12-13)20(25-9-10-26-20)19(23)22(18)7-8-24-17-6-4-3-5-16(17)21/h3-6,11-12H,7-10H2,1-2H3. The zero-order valence-corrected chi connectivity index (χ0v) is 15.5. The monoisotopic (exact) mass is 373 g/mol. The molecule has 26 heavy (non-hydrogen) atoms. The second-order valence-corrected chi connectivity index (χ2v) is 6.93. The van der Waals surface area contributed by atoms with Crippen molar-refractivity contribution < 1.29 is 19.0 Å².